The molecule has 0 spiro atoms. The van der Waals surface area contributed by atoms with Gasteiger partial charge in [0.15, 0.2) is 0 Å². The summed E-state index contributed by atoms with van der Waals surface area (Å²) >= 11 is 1.57. The minimum Gasteiger partial charge on any atom is -0.478 e. The zero-order valence-electron chi connectivity index (χ0n) is 14.8. The largest absolute Gasteiger partial charge is 0.478 e. The van der Waals surface area contributed by atoms with Gasteiger partial charge in [-0.25, -0.2) is 9.18 Å². The van der Waals surface area contributed by atoms with Crippen LogP contribution in [0.5, 0.6) is 0 Å². The molecule has 3 rings (SSSR count). The van der Waals surface area contributed by atoms with Crippen molar-refractivity contribution >= 4 is 17.7 Å². The Kier molecular flexibility index (Phi) is 6.65. The van der Waals surface area contributed by atoms with E-state index in [9.17, 15) is 14.3 Å². The second kappa shape index (κ2) is 9.37. The highest BCUT2D eigenvalue weighted by Crippen LogP contribution is 2.30. The van der Waals surface area contributed by atoms with E-state index >= 15 is 0 Å². The molecule has 0 bridgehead atoms. The number of hydrogen-bond donors (Lipinski definition) is 1. The lowest BCUT2D eigenvalue weighted by molar-refractivity contribution is -0.132. The summed E-state index contributed by atoms with van der Waals surface area (Å²) < 4.78 is 13.0. The zero-order chi connectivity index (χ0) is 19.1. The molecule has 1 aromatic carbocycles. The van der Waals surface area contributed by atoms with E-state index in [0.29, 0.717) is 18.7 Å². The number of nitrogens with zero attached hydrogens (tertiary/aromatic N) is 2. The molecule has 0 atom stereocenters. The number of halogens is 1. The van der Waals surface area contributed by atoms with Crippen molar-refractivity contribution in [3.63, 3.8) is 0 Å². The molecule has 1 N–H and O–H groups in total. The summed E-state index contributed by atoms with van der Waals surface area (Å²) in [7, 11) is 0. The molecule has 0 fully saturated rings. The second-order valence-corrected chi connectivity index (χ2v) is 7.32. The SMILES string of the molecule is O=C(O)C1=C(SCCCc2ccc(F)cc2)N(Cc2ccncc2)CC=C1. The minimum atomic E-state index is -0.910. The molecule has 1 aliphatic rings. The van der Waals surface area contributed by atoms with Crippen LogP contribution in [-0.2, 0) is 17.8 Å². The first kappa shape index (κ1) is 19.2. The van der Waals surface area contributed by atoms with Crippen LogP contribution >= 0.6 is 11.8 Å². The standard InChI is InChI=1S/C21H21FN2O2S/c22-18-7-5-16(6-8-18)3-2-14-27-20-19(21(25)26)4-1-13-24(20)15-17-9-11-23-12-10-17/h1,4-12H,2-3,13-15H2,(H,25,26). The molecule has 6 heteroatoms. The van der Waals surface area contributed by atoms with E-state index in [4.69, 9.17) is 0 Å². The predicted molar refractivity (Wildman–Crippen MR) is 106 cm³/mol. The normalized spacial score (nSPS) is 13.9. The van der Waals surface area contributed by atoms with Crippen LogP contribution in [0.2, 0.25) is 0 Å². The van der Waals surface area contributed by atoms with Gasteiger partial charge in [-0.2, -0.15) is 0 Å². The van der Waals surface area contributed by atoms with Crippen LogP contribution < -0.4 is 0 Å². The Hall–Kier alpha value is -2.60. The molecular weight excluding hydrogens is 363 g/mol. The summed E-state index contributed by atoms with van der Waals surface area (Å²) in [4.78, 5) is 17.8. The van der Waals surface area contributed by atoms with Gasteiger partial charge in [0.05, 0.1) is 10.6 Å². The van der Waals surface area contributed by atoms with E-state index in [1.165, 1.54) is 12.1 Å². The van der Waals surface area contributed by atoms with Gasteiger partial charge < -0.3 is 10.0 Å². The fraction of sp³-hybridized carbons (Fsp3) is 0.238. The molecule has 0 saturated carbocycles. The molecule has 4 nitrogen and oxygen atoms in total. The molecule has 1 aliphatic heterocycles. The summed E-state index contributed by atoms with van der Waals surface area (Å²) in [6, 6.07) is 10.4. The average Bonchev–Trinajstić information content (AvgIpc) is 2.68. The lowest BCUT2D eigenvalue weighted by atomic mass is 10.1. The first-order valence-corrected chi connectivity index (χ1v) is 9.77. The highest BCUT2D eigenvalue weighted by Gasteiger charge is 2.21. The number of pyridine rings is 1. The van der Waals surface area contributed by atoms with Gasteiger partial charge in [-0.1, -0.05) is 18.2 Å². The third-order valence-electron chi connectivity index (χ3n) is 4.24. The van der Waals surface area contributed by atoms with Crippen LogP contribution in [-0.4, -0.2) is 33.3 Å². The van der Waals surface area contributed by atoms with Crippen LogP contribution in [0.3, 0.4) is 0 Å². The molecule has 1 aromatic heterocycles. The molecule has 0 saturated heterocycles. The number of aliphatic carboxylic acids is 1. The Morgan fingerprint density at radius 2 is 1.89 bits per heavy atom. The van der Waals surface area contributed by atoms with Crippen molar-refractivity contribution in [2.24, 2.45) is 0 Å². The van der Waals surface area contributed by atoms with Crippen molar-refractivity contribution in [1.29, 1.82) is 0 Å². The number of carboxylic acid groups (broad SMARTS) is 1. The number of rotatable bonds is 8. The number of benzene rings is 1. The molecule has 2 heterocycles. The molecule has 27 heavy (non-hydrogen) atoms. The van der Waals surface area contributed by atoms with E-state index in [0.717, 1.165) is 34.8 Å². The fourth-order valence-electron chi connectivity index (χ4n) is 2.90. The van der Waals surface area contributed by atoms with Crippen molar-refractivity contribution in [3.05, 3.63) is 88.5 Å². The highest BCUT2D eigenvalue weighted by molar-refractivity contribution is 8.03. The van der Waals surface area contributed by atoms with Crippen molar-refractivity contribution in [1.82, 2.24) is 9.88 Å². The van der Waals surface area contributed by atoms with Gasteiger partial charge in [-0.3, -0.25) is 4.98 Å². The van der Waals surface area contributed by atoms with Gasteiger partial charge in [-0.05, 0) is 60.1 Å². The van der Waals surface area contributed by atoms with Gasteiger partial charge in [0.2, 0.25) is 0 Å². The van der Waals surface area contributed by atoms with Crippen molar-refractivity contribution in [2.45, 2.75) is 19.4 Å². The van der Waals surface area contributed by atoms with Gasteiger partial charge in [0, 0.05) is 25.5 Å². The lowest BCUT2D eigenvalue weighted by Crippen LogP contribution is -2.27. The monoisotopic (exact) mass is 384 g/mol. The molecular formula is C21H21FN2O2S. The van der Waals surface area contributed by atoms with E-state index in [2.05, 4.69) is 9.88 Å². The van der Waals surface area contributed by atoms with Crippen molar-refractivity contribution < 1.29 is 14.3 Å². The maximum absolute atomic E-state index is 13.0. The number of aromatic nitrogens is 1. The number of aryl methyl sites for hydroxylation is 1. The summed E-state index contributed by atoms with van der Waals surface area (Å²) in [6.07, 6.45) is 8.78. The van der Waals surface area contributed by atoms with Gasteiger partial charge >= 0.3 is 5.97 Å². The third-order valence-corrected chi connectivity index (χ3v) is 5.49. The summed E-state index contributed by atoms with van der Waals surface area (Å²) in [5.74, 6) is -0.346. The number of carboxylic acids is 1. The van der Waals surface area contributed by atoms with Crippen LogP contribution in [0.25, 0.3) is 0 Å². The molecule has 2 aromatic rings. The van der Waals surface area contributed by atoms with Gasteiger partial charge in [0.1, 0.15) is 5.82 Å². The molecule has 0 amide bonds. The molecule has 0 aliphatic carbocycles. The van der Waals surface area contributed by atoms with Crippen LogP contribution in [0.4, 0.5) is 4.39 Å². The average molecular weight is 384 g/mol. The van der Waals surface area contributed by atoms with E-state index in [1.54, 1.807) is 42.4 Å². The maximum Gasteiger partial charge on any atom is 0.338 e. The maximum atomic E-state index is 13.0. The zero-order valence-corrected chi connectivity index (χ0v) is 15.7. The summed E-state index contributed by atoms with van der Waals surface area (Å²) in [5, 5.41) is 10.4. The predicted octanol–water partition coefficient (Wildman–Crippen LogP) is 4.25. The molecule has 0 radical (unpaired) electrons. The Balaban J connectivity index is 1.64. The Labute approximate surface area is 162 Å². The number of carbonyl (C=O) groups is 1. The van der Waals surface area contributed by atoms with Crippen LogP contribution in [0.1, 0.15) is 17.5 Å². The molecule has 0 unspecified atom stereocenters. The quantitative estimate of drug-likeness (QED) is 0.690. The Morgan fingerprint density at radius 3 is 2.59 bits per heavy atom. The van der Waals surface area contributed by atoms with E-state index in [-0.39, 0.29) is 5.82 Å². The minimum absolute atomic E-state index is 0.231. The Morgan fingerprint density at radius 1 is 1.15 bits per heavy atom. The number of hydrogen-bond acceptors (Lipinski definition) is 4. The van der Waals surface area contributed by atoms with E-state index in [1.807, 2.05) is 18.2 Å². The summed E-state index contributed by atoms with van der Waals surface area (Å²) in [6.45, 7) is 1.32. The van der Waals surface area contributed by atoms with Crippen molar-refractivity contribution in [2.75, 3.05) is 12.3 Å². The first-order valence-electron chi connectivity index (χ1n) is 8.78. The number of thioether (sulfide) groups is 1. The smallest absolute Gasteiger partial charge is 0.338 e. The van der Waals surface area contributed by atoms with Crippen LogP contribution in [0.15, 0.2) is 71.5 Å². The van der Waals surface area contributed by atoms with Gasteiger partial charge in [0.25, 0.3) is 0 Å². The second-order valence-electron chi connectivity index (χ2n) is 6.24. The fourth-order valence-corrected chi connectivity index (χ4v) is 4.01. The van der Waals surface area contributed by atoms with Crippen molar-refractivity contribution in [3.8, 4) is 0 Å². The third kappa shape index (κ3) is 5.44. The topological polar surface area (TPSA) is 53.4 Å². The van der Waals surface area contributed by atoms with Gasteiger partial charge in [-0.15, -0.1) is 11.8 Å². The summed E-state index contributed by atoms with van der Waals surface area (Å²) in [5.41, 5.74) is 2.51. The first-order chi connectivity index (χ1) is 13.1. The lowest BCUT2D eigenvalue weighted by Gasteiger charge is -2.29. The highest BCUT2D eigenvalue weighted by atomic mass is 32.2. The van der Waals surface area contributed by atoms with E-state index < -0.39 is 5.97 Å². The molecule has 140 valence electrons. The Bertz CT molecular complexity index is 835. The van der Waals surface area contributed by atoms with Crippen LogP contribution in [0, 0.1) is 5.82 Å².